The molecule has 0 bridgehead atoms. The Labute approximate surface area is 115 Å². The average molecular weight is 278 g/mol. The van der Waals surface area contributed by atoms with E-state index in [1.54, 1.807) is 0 Å². The Balaban J connectivity index is 1.95. The minimum Gasteiger partial charge on any atom is -0.368 e. The molecule has 3 rings (SSSR count). The van der Waals surface area contributed by atoms with E-state index in [9.17, 15) is 13.2 Å². The van der Waals surface area contributed by atoms with Crippen molar-refractivity contribution in [2.45, 2.75) is 18.7 Å². The van der Waals surface area contributed by atoms with Gasteiger partial charge in [0.05, 0.1) is 12.2 Å². The lowest BCUT2D eigenvalue weighted by molar-refractivity contribution is -0.137. The zero-order chi connectivity index (χ0) is 14.2. The molecule has 1 unspecified atom stereocenters. The summed E-state index contributed by atoms with van der Waals surface area (Å²) in [5, 5.41) is 0. The summed E-state index contributed by atoms with van der Waals surface area (Å²) in [7, 11) is 0. The lowest BCUT2D eigenvalue weighted by Crippen LogP contribution is -2.17. The van der Waals surface area contributed by atoms with Gasteiger partial charge in [-0.25, -0.2) is 0 Å². The second kappa shape index (κ2) is 4.94. The van der Waals surface area contributed by atoms with Crippen molar-refractivity contribution < 1.29 is 17.9 Å². The van der Waals surface area contributed by atoms with Crippen LogP contribution in [-0.4, -0.2) is 6.61 Å². The van der Waals surface area contributed by atoms with Crippen LogP contribution in [0, 0.1) is 0 Å². The molecule has 0 saturated heterocycles. The summed E-state index contributed by atoms with van der Waals surface area (Å²) in [5.74, 6) is 0. The maximum Gasteiger partial charge on any atom is 0.416 e. The maximum absolute atomic E-state index is 12.6. The van der Waals surface area contributed by atoms with Crippen LogP contribution in [0.2, 0.25) is 0 Å². The van der Waals surface area contributed by atoms with E-state index in [2.05, 4.69) is 0 Å². The van der Waals surface area contributed by atoms with E-state index < -0.39 is 11.7 Å². The van der Waals surface area contributed by atoms with Crippen LogP contribution < -0.4 is 0 Å². The fourth-order valence-corrected chi connectivity index (χ4v) is 2.52. The minimum absolute atomic E-state index is 0.276. The maximum atomic E-state index is 12.6. The lowest BCUT2D eigenvalue weighted by Gasteiger charge is -2.26. The van der Waals surface area contributed by atoms with Gasteiger partial charge in [-0.2, -0.15) is 13.2 Å². The standard InChI is InChI=1S/C16H13F3O/c17-16(18,19)13-7-5-12(6-8-13)15-14-4-2-1-3-11(14)9-10-20-15/h1-8,15H,9-10H2. The number of ether oxygens (including phenoxy) is 1. The predicted molar refractivity (Wildman–Crippen MR) is 69.4 cm³/mol. The van der Waals surface area contributed by atoms with Crippen LogP contribution in [0.5, 0.6) is 0 Å². The number of halogens is 3. The normalized spacial score (nSPS) is 18.6. The molecule has 1 heterocycles. The van der Waals surface area contributed by atoms with Crippen LogP contribution in [0.1, 0.15) is 28.4 Å². The van der Waals surface area contributed by atoms with Gasteiger partial charge < -0.3 is 4.74 Å². The number of benzene rings is 2. The molecule has 0 fully saturated rings. The fourth-order valence-electron chi connectivity index (χ4n) is 2.52. The van der Waals surface area contributed by atoms with Crippen LogP contribution in [0.4, 0.5) is 13.2 Å². The van der Waals surface area contributed by atoms with Crippen molar-refractivity contribution in [3.8, 4) is 0 Å². The van der Waals surface area contributed by atoms with E-state index in [4.69, 9.17) is 4.74 Å². The monoisotopic (exact) mass is 278 g/mol. The fraction of sp³-hybridized carbons (Fsp3) is 0.250. The van der Waals surface area contributed by atoms with Crippen molar-refractivity contribution in [3.63, 3.8) is 0 Å². The van der Waals surface area contributed by atoms with Gasteiger partial charge in [0.2, 0.25) is 0 Å². The zero-order valence-corrected chi connectivity index (χ0v) is 10.7. The molecule has 1 aliphatic rings. The zero-order valence-electron chi connectivity index (χ0n) is 10.7. The molecule has 2 aromatic carbocycles. The van der Waals surface area contributed by atoms with Crippen LogP contribution in [-0.2, 0) is 17.3 Å². The number of hydrogen-bond acceptors (Lipinski definition) is 1. The molecular formula is C16H13F3O. The number of rotatable bonds is 1. The minimum atomic E-state index is -4.30. The molecular weight excluding hydrogens is 265 g/mol. The third kappa shape index (κ3) is 2.43. The molecule has 0 amide bonds. The molecule has 4 heteroatoms. The molecule has 0 N–H and O–H groups in total. The van der Waals surface area contributed by atoms with E-state index in [-0.39, 0.29) is 6.10 Å². The molecule has 104 valence electrons. The predicted octanol–water partition coefficient (Wildman–Crippen LogP) is 4.37. The summed E-state index contributed by atoms with van der Waals surface area (Å²) < 4.78 is 43.4. The summed E-state index contributed by atoms with van der Waals surface area (Å²) in [6, 6.07) is 13.1. The lowest BCUT2D eigenvalue weighted by atomic mass is 9.93. The molecule has 0 radical (unpaired) electrons. The Morgan fingerprint density at radius 1 is 0.950 bits per heavy atom. The third-order valence-electron chi connectivity index (χ3n) is 3.53. The van der Waals surface area contributed by atoms with Crippen LogP contribution in [0.15, 0.2) is 48.5 Å². The first kappa shape index (κ1) is 13.2. The van der Waals surface area contributed by atoms with E-state index in [0.717, 1.165) is 29.7 Å². The van der Waals surface area contributed by atoms with Gasteiger partial charge in [-0.05, 0) is 35.2 Å². The highest BCUT2D eigenvalue weighted by atomic mass is 19.4. The Morgan fingerprint density at radius 2 is 1.65 bits per heavy atom. The number of fused-ring (bicyclic) bond motifs is 1. The van der Waals surface area contributed by atoms with Crippen molar-refractivity contribution >= 4 is 0 Å². The molecule has 1 aliphatic heterocycles. The first-order valence-electron chi connectivity index (χ1n) is 6.42. The molecule has 1 nitrogen and oxygen atoms in total. The molecule has 20 heavy (non-hydrogen) atoms. The Hall–Kier alpha value is -1.81. The smallest absolute Gasteiger partial charge is 0.368 e. The first-order chi connectivity index (χ1) is 9.55. The molecule has 2 aromatic rings. The van der Waals surface area contributed by atoms with Crippen molar-refractivity contribution in [2.75, 3.05) is 6.61 Å². The van der Waals surface area contributed by atoms with E-state index in [0.29, 0.717) is 6.61 Å². The van der Waals surface area contributed by atoms with Crippen LogP contribution in [0.3, 0.4) is 0 Å². The Bertz CT molecular complexity index is 602. The first-order valence-corrected chi connectivity index (χ1v) is 6.42. The summed E-state index contributed by atoms with van der Waals surface area (Å²) in [5.41, 5.74) is 2.36. The van der Waals surface area contributed by atoms with Crippen LogP contribution >= 0.6 is 0 Å². The van der Waals surface area contributed by atoms with Crippen molar-refractivity contribution in [2.24, 2.45) is 0 Å². The largest absolute Gasteiger partial charge is 0.416 e. The van der Waals surface area contributed by atoms with Gasteiger partial charge in [0.25, 0.3) is 0 Å². The Morgan fingerprint density at radius 3 is 2.35 bits per heavy atom. The highest BCUT2D eigenvalue weighted by Gasteiger charge is 2.30. The van der Waals surface area contributed by atoms with Gasteiger partial charge in [0.1, 0.15) is 6.10 Å². The summed E-state index contributed by atoms with van der Waals surface area (Å²) in [6.45, 7) is 0.586. The SMILES string of the molecule is FC(F)(F)c1ccc(C2OCCc3ccccc32)cc1. The van der Waals surface area contributed by atoms with E-state index in [1.165, 1.54) is 17.7 Å². The van der Waals surface area contributed by atoms with Crippen molar-refractivity contribution in [3.05, 3.63) is 70.8 Å². The topological polar surface area (TPSA) is 9.23 Å². The van der Waals surface area contributed by atoms with E-state index in [1.807, 2.05) is 24.3 Å². The van der Waals surface area contributed by atoms with Gasteiger partial charge >= 0.3 is 6.18 Å². The number of alkyl halides is 3. The van der Waals surface area contributed by atoms with Gasteiger partial charge in [0.15, 0.2) is 0 Å². The van der Waals surface area contributed by atoms with Gasteiger partial charge in [-0.3, -0.25) is 0 Å². The van der Waals surface area contributed by atoms with Gasteiger partial charge in [-0.15, -0.1) is 0 Å². The molecule has 0 spiro atoms. The summed E-state index contributed by atoms with van der Waals surface area (Å²) in [6.07, 6.45) is -3.74. The van der Waals surface area contributed by atoms with Crippen LogP contribution in [0.25, 0.3) is 0 Å². The molecule has 0 aliphatic carbocycles. The average Bonchev–Trinajstić information content (AvgIpc) is 2.46. The molecule has 1 atom stereocenters. The second-order valence-electron chi connectivity index (χ2n) is 4.82. The van der Waals surface area contributed by atoms with E-state index >= 15 is 0 Å². The van der Waals surface area contributed by atoms with Crippen molar-refractivity contribution in [1.82, 2.24) is 0 Å². The Kier molecular flexibility index (Phi) is 3.26. The highest BCUT2D eigenvalue weighted by Crippen LogP contribution is 2.35. The van der Waals surface area contributed by atoms with Gasteiger partial charge in [-0.1, -0.05) is 36.4 Å². The summed E-state index contributed by atoms with van der Waals surface area (Å²) in [4.78, 5) is 0. The third-order valence-corrected chi connectivity index (χ3v) is 3.53. The van der Waals surface area contributed by atoms with Crippen molar-refractivity contribution in [1.29, 1.82) is 0 Å². The molecule has 0 aromatic heterocycles. The molecule has 0 saturated carbocycles. The quantitative estimate of drug-likeness (QED) is 0.752. The number of hydrogen-bond donors (Lipinski definition) is 0. The summed E-state index contributed by atoms with van der Waals surface area (Å²) >= 11 is 0. The van der Waals surface area contributed by atoms with Gasteiger partial charge in [0, 0.05) is 0 Å². The highest BCUT2D eigenvalue weighted by molar-refractivity contribution is 5.38. The second-order valence-corrected chi connectivity index (χ2v) is 4.82.